The van der Waals surface area contributed by atoms with Gasteiger partial charge in [-0.25, -0.2) is 0 Å². The van der Waals surface area contributed by atoms with Crippen LogP contribution in [0, 0.1) is 30.6 Å². The standard InChI is InChI=1S/C47H39N3O7/c1-27-13-17-31(18-14-27)48-50-44(54)38-26-37-34(41(35-22-21-33(51)25-39(35)57-2)47(38,46(50)56)30-11-7-4-8-12-30)23-24-36-40(37)45(55)49(43(36)53)32-19-15-29(16-20-32)42(52)28-9-5-3-6-10-28/h3-23,25,36-38,40-41,48,51H,24,26H2,1-2H3/t36-,37+,38-,40-,41+,47+/m0/s1. The number of aromatic hydroxyl groups is 1. The second-order valence-corrected chi connectivity index (χ2v) is 15.3. The van der Waals surface area contributed by atoms with Gasteiger partial charge in [0.25, 0.3) is 11.8 Å². The van der Waals surface area contributed by atoms with Crippen LogP contribution in [0.15, 0.2) is 139 Å². The van der Waals surface area contributed by atoms with Gasteiger partial charge >= 0.3 is 0 Å². The van der Waals surface area contributed by atoms with Gasteiger partial charge in [0, 0.05) is 28.7 Å². The number of anilines is 2. The highest BCUT2D eigenvalue weighted by atomic mass is 16.5. The Morgan fingerprint density at radius 1 is 0.772 bits per heavy atom. The van der Waals surface area contributed by atoms with Gasteiger partial charge in [0.1, 0.15) is 11.5 Å². The first-order valence-corrected chi connectivity index (χ1v) is 19.0. The number of hydrazine groups is 1. The Morgan fingerprint density at radius 3 is 2.12 bits per heavy atom. The summed E-state index contributed by atoms with van der Waals surface area (Å²) in [7, 11) is 1.49. The Hall–Kier alpha value is -6.81. The molecule has 2 aliphatic heterocycles. The van der Waals surface area contributed by atoms with E-state index in [0.29, 0.717) is 39.4 Å². The number of ether oxygens (including phenoxy) is 1. The molecule has 5 aromatic rings. The maximum atomic E-state index is 15.4. The Labute approximate surface area is 329 Å². The minimum atomic E-state index is -1.48. The van der Waals surface area contributed by atoms with Gasteiger partial charge in [-0.3, -0.25) is 34.3 Å². The van der Waals surface area contributed by atoms with Crippen LogP contribution in [0.3, 0.4) is 0 Å². The van der Waals surface area contributed by atoms with Crippen molar-refractivity contribution in [3.05, 3.63) is 167 Å². The van der Waals surface area contributed by atoms with E-state index in [9.17, 15) is 24.3 Å². The van der Waals surface area contributed by atoms with E-state index >= 15 is 4.79 Å². The molecule has 0 unspecified atom stereocenters. The number of allylic oxidation sites excluding steroid dienone is 2. The lowest BCUT2D eigenvalue weighted by atomic mass is 9.49. The number of benzene rings is 5. The third-order valence-corrected chi connectivity index (χ3v) is 12.3. The number of ketones is 1. The molecule has 10 heteroatoms. The Morgan fingerprint density at radius 2 is 1.44 bits per heavy atom. The molecule has 2 saturated heterocycles. The molecule has 1 saturated carbocycles. The van der Waals surface area contributed by atoms with E-state index < -0.39 is 52.7 Å². The molecule has 4 amide bonds. The van der Waals surface area contributed by atoms with Crippen LogP contribution >= 0.6 is 0 Å². The summed E-state index contributed by atoms with van der Waals surface area (Å²) in [6, 6.07) is 36.7. The number of rotatable bonds is 8. The van der Waals surface area contributed by atoms with Gasteiger partial charge in [0.2, 0.25) is 11.8 Å². The molecule has 2 heterocycles. The van der Waals surface area contributed by atoms with Crippen LogP contribution in [-0.4, -0.2) is 46.6 Å². The molecule has 5 aromatic carbocycles. The molecule has 284 valence electrons. The van der Waals surface area contributed by atoms with E-state index in [1.807, 2.05) is 73.7 Å². The van der Waals surface area contributed by atoms with Gasteiger partial charge in [0.15, 0.2) is 5.78 Å². The zero-order valence-corrected chi connectivity index (χ0v) is 31.3. The number of amides is 4. The second kappa shape index (κ2) is 13.7. The summed E-state index contributed by atoms with van der Waals surface area (Å²) >= 11 is 0. The minimum absolute atomic E-state index is 0.0360. The summed E-state index contributed by atoms with van der Waals surface area (Å²) < 4.78 is 5.87. The van der Waals surface area contributed by atoms with Gasteiger partial charge in [-0.1, -0.05) is 96.1 Å². The smallest absolute Gasteiger partial charge is 0.260 e. The fourth-order valence-corrected chi connectivity index (χ4v) is 9.80. The average Bonchev–Trinajstić information content (AvgIpc) is 3.62. The second-order valence-electron chi connectivity index (χ2n) is 15.3. The van der Waals surface area contributed by atoms with E-state index in [1.165, 1.54) is 24.1 Å². The molecule has 9 rings (SSSR count). The van der Waals surface area contributed by atoms with Crippen molar-refractivity contribution < 1.29 is 33.8 Å². The van der Waals surface area contributed by atoms with Crippen LogP contribution in [-0.2, 0) is 24.6 Å². The van der Waals surface area contributed by atoms with Crippen LogP contribution in [0.1, 0.15) is 51.4 Å². The summed E-state index contributed by atoms with van der Waals surface area (Å²) in [6.45, 7) is 1.95. The zero-order chi connectivity index (χ0) is 39.6. The topological polar surface area (TPSA) is 133 Å². The lowest BCUT2D eigenvalue weighted by Crippen LogP contribution is -2.53. The first kappa shape index (κ1) is 35.9. The number of phenols is 1. The van der Waals surface area contributed by atoms with E-state index in [2.05, 4.69) is 5.43 Å². The highest BCUT2D eigenvalue weighted by Crippen LogP contribution is 2.65. The molecule has 2 N–H and O–H groups in total. The molecular weight excluding hydrogens is 719 g/mol. The van der Waals surface area contributed by atoms with Crippen molar-refractivity contribution in [2.24, 2.45) is 23.7 Å². The van der Waals surface area contributed by atoms with Gasteiger partial charge in [-0.05, 0) is 73.7 Å². The van der Waals surface area contributed by atoms with Crippen molar-refractivity contribution >= 4 is 40.8 Å². The third-order valence-electron chi connectivity index (χ3n) is 12.3. The van der Waals surface area contributed by atoms with Crippen LogP contribution in [0.25, 0.3) is 0 Å². The fraction of sp³-hybridized carbons (Fsp3) is 0.213. The molecule has 10 nitrogen and oxygen atoms in total. The van der Waals surface area contributed by atoms with Crippen molar-refractivity contribution in [2.45, 2.75) is 31.1 Å². The number of hydrogen-bond acceptors (Lipinski definition) is 8. The highest BCUT2D eigenvalue weighted by molar-refractivity contribution is 6.23. The third kappa shape index (κ3) is 5.50. The van der Waals surface area contributed by atoms with Crippen molar-refractivity contribution in [1.29, 1.82) is 0 Å². The highest BCUT2D eigenvalue weighted by Gasteiger charge is 2.70. The molecule has 4 aliphatic rings. The molecular formula is C47H39N3O7. The summed E-state index contributed by atoms with van der Waals surface area (Å²) in [5.74, 6) is -5.40. The Balaban J connectivity index is 1.16. The molecule has 57 heavy (non-hydrogen) atoms. The number of phenolic OH excluding ortho intramolecular Hbond substituents is 1. The van der Waals surface area contributed by atoms with Gasteiger partial charge in [0.05, 0.1) is 41.7 Å². The van der Waals surface area contributed by atoms with Crippen molar-refractivity contribution in [2.75, 3.05) is 17.4 Å². The Kier molecular flexibility index (Phi) is 8.64. The van der Waals surface area contributed by atoms with Crippen molar-refractivity contribution in [3.63, 3.8) is 0 Å². The molecule has 2 aliphatic carbocycles. The van der Waals surface area contributed by atoms with E-state index in [-0.39, 0.29) is 30.3 Å². The molecule has 0 spiro atoms. The number of carbonyl (C=O) groups is 5. The lowest BCUT2D eigenvalue weighted by Gasteiger charge is -2.50. The Bertz CT molecular complexity index is 2480. The number of fused-ring (bicyclic) bond motifs is 4. The van der Waals surface area contributed by atoms with E-state index in [0.717, 1.165) is 16.1 Å². The number of aryl methyl sites for hydroxylation is 1. The fourth-order valence-electron chi connectivity index (χ4n) is 9.80. The van der Waals surface area contributed by atoms with Crippen LogP contribution in [0.2, 0.25) is 0 Å². The van der Waals surface area contributed by atoms with Crippen molar-refractivity contribution in [3.8, 4) is 11.5 Å². The lowest BCUT2D eigenvalue weighted by molar-refractivity contribution is -0.138. The van der Waals surface area contributed by atoms with Gasteiger partial charge < -0.3 is 9.84 Å². The normalized spacial score (nSPS) is 25.1. The van der Waals surface area contributed by atoms with Crippen LogP contribution < -0.4 is 15.1 Å². The monoisotopic (exact) mass is 757 g/mol. The predicted molar refractivity (Wildman–Crippen MR) is 212 cm³/mol. The predicted octanol–water partition coefficient (Wildman–Crippen LogP) is 7.13. The first-order valence-electron chi connectivity index (χ1n) is 19.0. The number of methoxy groups -OCH3 is 1. The number of hydrogen-bond donors (Lipinski definition) is 2. The van der Waals surface area contributed by atoms with E-state index in [1.54, 1.807) is 54.6 Å². The summed E-state index contributed by atoms with van der Waals surface area (Å²) in [6.07, 6.45) is 2.35. The zero-order valence-electron chi connectivity index (χ0n) is 31.3. The maximum absolute atomic E-state index is 15.4. The molecule has 3 fully saturated rings. The first-order chi connectivity index (χ1) is 27.6. The summed E-state index contributed by atoms with van der Waals surface area (Å²) in [5.41, 5.74) is 6.48. The molecule has 0 radical (unpaired) electrons. The SMILES string of the molecule is COc1cc(O)ccc1[C@H]1C2=CC[C@@H]3C(=O)N(c4ccc(C(=O)c5ccccc5)cc4)C(=O)[C@@H]3[C@@H]2C[C@H]2C(=O)N(Nc3ccc(C)cc3)C(=O)[C@@]12c1ccccc1. The number of carbonyl (C=O) groups excluding carboxylic acids is 5. The van der Waals surface area contributed by atoms with Gasteiger partial charge in [-0.15, -0.1) is 0 Å². The molecule has 0 bridgehead atoms. The molecule has 6 atom stereocenters. The van der Waals surface area contributed by atoms with Gasteiger partial charge in [-0.2, -0.15) is 5.01 Å². The summed E-state index contributed by atoms with van der Waals surface area (Å²) in [4.78, 5) is 73.7. The average molecular weight is 758 g/mol. The summed E-state index contributed by atoms with van der Waals surface area (Å²) in [5, 5.41) is 11.7. The minimum Gasteiger partial charge on any atom is -0.508 e. The van der Waals surface area contributed by atoms with E-state index in [4.69, 9.17) is 4.74 Å². The largest absolute Gasteiger partial charge is 0.508 e. The molecule has 0 aromatic heterocycles. The quantitative estimate of drug-likeness (QED) is 0.0971. The number of nitrogens with zero attached hydrogens (tertiary/aromatic N) is 2. The van der Waals surface area contributed by atoms with Crippen LogP contribution in [0.4, 0.5) is 11.4 Å². The van der Waals surface area contributed by atoms with Crippen LogP contribution in [0.5, 0.6) is 11.5 Å². The maximum Gasteiger partial charge on any atom is 0.260 e. The number of nitrogens with one attached hydrogen (secondary N) is 1. The number of imide groups is 2. The van der Waals surface area contributed by atoms with Crippen molar-refractivity contribution in [1.82, 2.24) is 5.01 Å².